The number of halogens is 2. The molecule has 170 valence electrons. The summed E-state index contributed by atoms with van der Waals surface area (Å²) in [6.45, 7) is 2.66. The van der Waals surface area contributed by atoms with E-state index in [4.69, 9.17) is 21.7 Å². The van der Waals surface area contributed by atoms with Crippen molar-refractivity contribution in [1.29, 1.82) is 0 Å². The van der Waals surface area contributed by atoms with Crippen LogP contribution in [0.3, 0.4) is 0 Å². The monoisotopic (exact) mass is 462 g/mol. The molecule has 32 heavy (non-hydrogen) atoms. The van der Waals surface area contributed by atoms with Crippen LogP contribution in [0.2, 0.25) is 0 Å². The Morgan fingerprint density at radius 1 is 1.09 bits per heavy atom. The van der Waals surface area contributed by atoms with E-state index in [1.165, 1.54) is 26.4 Å². The summed E-state index contributed by atoms with van der Waals surface area (Å²) in [4.78, 5) is 14.6. The molecule has 9 heteroatoms. The van der Waals surface area contributed by atoms with E-state index in [0.29, 0.717) is 21.9 Å². The van der Waals surface area contributed by atoms with Crippen molar-refractivity contribution in [3.05, 3.63) is 64.4 Å². The summed E-state index contributed by atoms with van der Waals surface area (Å²) < 4.78 is 40.6. The van der Waals surface area contributed by atoms with E-state index in [-0.39, 0.29) is 11.5 Å². The summed E-state index contributed by atoms with van der Waals surface area (Å²) in [5.74, 6) is -0.568. The average molecular weight is 463 g/mol. The highest BCUT2D eigenvalue weighted by Gasteiger charge is 2.36. The number of benzene rings is 2. The number of aryl methyl sites for hydroxylation is 2. The van der Waals surface area contributed by atoms with Crippen LogP contribution in [0.4, 0.5) is 14.5 Å². The zero-order chi connectivity index (χ0) is 23.6. The van der Waals surface area contributed by atoms with Crippen molar-refractivity contribution in [2.45, 2.75) is 33.4 Å². The number of thiocarbonyl (C=S) groups is 1. The third-order valence-electron chi connectivity index (χ3n) is 5.23. The highest BCUT2D eigenvalue weighted by Crippen LogP contribution is 2.38. The number of carbonyl (C=O) groups excluding carboxylic acids is 1. The van der Waals surface area contributed by atoms with Gasteiger partial charge in [0.15, 0.2) is 16.6 Å². The highest BCUT2D eigenvalue weighted by molar-refractivity contribution is 7.80. The lowest BCUT2D eigenvalue weighted by molar-refractivity contribution is -0.136. The number of hydrogen-bond acceptors (Lipinski definition) is 5. The molecule has 1 aliphatic rings. The second-order valence-corrected chi connectivity index (χ2v) is 7.67. The van der Waals surface area contributed by atoms with Crippen LogP contribution >= 0.6 is 12.2 Å². The zero-order valence-corrected chi connectivity index (χ0v) is 19.2. The van der Waals surface area contributed by atoms with Crippen LogP contribution in [0.15, 0.2) is 47.7 Å². The first-order valence-corrected chi connectivity index (χ1v) is 10.2. The normalized spacial score (nSPS) is 16.2. The summed E-state index contributed by atoms with van der Waals surface area (Å²) in [6, 6.07) is 9.76. The Hall–Kier alpha value is -3.20. The average Bonchev–Trinajstić information content (AvgIpc) is 2.74. The van der Waals surface area contributed by atoms with Gasteiger partial charge in [0.05, 0.1) is 31.5 Å². The van der Waals surface area contributed by atoms with Crippen molar-refractivity contribution < 1.29 is 27.8 Å². The molecule has 0 amide bonds. The summed E-state index contributed by atoms with van der Waals surface area (Å²) in [5, 5.41) is 3.52. The Morgan fingerprint density at radius 2 is 1.81 bits per heavy atom. The lowest BCUT2D eigenvalue weighted by Crippen LogP contribution is -2.48. The summed E-state index contributed by atoms with van der Waals surface area (Å²) in [7, 11) is 2.64. The molecule has 3 rings (SSSR count). The van der Waals surface area contributed by atoms with Gasteiger partial charge in [-0.2, -0.15) is 8.78 Å². The van der Waals surface area contributed by atoms with Crippen molar-refractivity contribution in [3.8, 4) is 11.5 Å². The van der Waals surface area contributed by atoms with Crippen LogP contribution in [0, 0.1) is 13.8 Å². The Labute approximate surface area is 190 Å². The summed E-state index contributed by atoms with van der Waals surface area (Å²) in [5.41, 5.74) is 4.20. The van der Waals surface area contributed by atoms with Gasteiger partial charge < -0.3 is 19.5 Å². The minimum atomic E-state index is -3.03. The standard InChI is InChI=1S/C23H24F2N2O4S/c1-12-6-7-13(2)16(10-12)27-14(3)19(21(28)30-5)20(26-23(27)32)15-8-9-17(29-4)18(11-15)31-22(24)25/h6-11,20,22H,1-5H3,(H,26,32). The van der Waals surface area contributed by atoms with Gasteiger partial charge in [-0.05, 0) is 67.9 Å². The van der Waals surface area contributed by atoms with Crippen LogP contribution in [-0.4, -0.2) is 31.9 Å². The van der Waals surface area contributed by atoms with Crippen LogP contribution in [0.5, 0.6) is 11.5 Å². The molecule has 2 aromatic rings. The molecule has 1 unspecified atom stereocenters. The molecule has 0 spiro atoms. The molecule has 0 radical (unpaired) electrons. The van der Waals surface area contributed by atoms with E-state index >= 15 is 0 Å². The maximum atomic E-state index is 12.9. The number of nitrogens with zero attached hydrogens (tertiary/aromatic N) is 1. The number of allylic oxidation sites excluding steroid dienone is 1. The quantitative estimate of drug-likeness (QED) is 0.489. The molecule has 6 nitrogen and oxygen atoms in total. The van der Waals surface area contributed by atoms with E-state index in [1.54, 1.807) is 17.9 Å². The molecular formula is C23H24F2N2O4S. The number of rotatable bonds is 6. The molecule has 1 heterocycles. The number of methoxy groups -OCH3 is 2. The zero-order valence-electron chi connectivity index (χ0n) is 18.4. The van der Waals surface area contributed by atoms with Crippen molar-refractivity contribution in [3.63, 3.8) is 0 Å². The lowest BCUT2D eigenvalue weighted by Gasteiger charge is -2.38. The fourth-order valence-corrected chi connectivity index (χ4v) is 4.03. The minimum absolute atomic E-state index is 0.143. The molecule has 0 fully saturated rings. The smallest absolute Gasteiger partial charge is 0.387 e. The maximum Gasteiger partial charge on any atom is 0.387 e. The van der Waals surface area contributed by atoms with Crippen LogP contribution in [0.1, 0.15) is 29.7 Å². The van der Waals surface area contributed by atoms with Gasteiger partial charge in [-0.3, -0.25) is 4.90 Å². The number of carbonyl (C=O) groups is 1. The van der Waals surface area contributed by atoms with Gasteiger partial charge in [0, 0.05) is 5.70 Å². The summed E-state index contributed by atoms with van der Waals surface area (Å²) >= 11 is 5.65. The van der Waals surface area contributed by atoms with Gasteiger partial charge in [0.2, 0.25) is 0 Å². The van der Waals surface area contributed by atoms with Crippen molar-refractivity contribution in [1.82, 2.24) is 5.32 Å². The van der Waals surface area contributed by atoms with E-state index in [9.17, 15) is 13.6 Å². The van der Waals surface area contributed by atoms with E-state index in [2.05, 4.69) is 10.1 Å². The third-order valence-corrected chi connectivity index (χ3v) is 5.53. The van der Waals surface area contributed by atoms with Gasteiger partial charge in [-0.15, -0.1) is 0 Å². The number of ether oxygens (including phenoxy) is 3. The third kappa shape index (κ3) is 4.52. The largest absolute Gasteiger partial charge is 0.493 e. The van der Waals surface area contributed by atoms with E-state index in [0.717, 1.165) is 16.8 Å². The molecule has 1 aliphatic heterocycles. The highest BCUT2D eigenvalue weighted by atomic mass is 32.1. The number of alkyl halides is 2. The molecule has 1 atom stereocenters. The number of hydrogen-bond donors (Lipinski definition) is 1. The Balaban J connectivity index is 2.16. The predicted octanol–water partition coefficient (Wildman–Crippen LogP) is 4.80. The van der Waals surface area contributed by atoms with E-state index in [1.807, 2.05) is 32.0 Å². The number of esters is 1. The van der Waals surface area contributed by atoms with Gasteiger partial charge in [0.1, 0.15) is 0 Å². The van der Waals surface area contributed by atoms with Crippen LogP contribution < -0.4 is 19.7 Å². The van der Waals surface area contributed by atoms with Gasteiger partial charge in [-0.1, -0.05) is 18.2 Å². The lowest BCUT2D eigenvalue weighted by atomic mass is 9.94. The molecule has 0 saturated heterocycles. The van der Waals surface area contributed by atoms with Crippen molar-refractivity contribution in [2.75, 3.05) is 19.1 Å². The molecule has 0 aliphatic carbocycles. The van der Waals surface area contributed by atoms with Gasteiger partial charge >= 0.3 is 12.6 Å². The molecule has 0 bridgehead atoms. The first-order valence-electron chi connectivity index (χ1n) is 9.77. The number of anilines is 1. The number of nitrogens with one attached hydrogen (secondary N) is 1. The topological polar surface area (TPSA) is 60.0 Å². The second-order valence-electron chi connectivity index (χ2n) is 7.29. The fraction of sp³-hybridized carbons (Fsp3) is 0.304. The van der Waals surface area contributed by atoms with Crippen molar-refractivity contribution >= 4 is 29.0 Å². The van der Waals surface area contributed by atoms with Gasteiger partial charge in [0.25, 0.3) is 0 Å². The summed E-state index contributed by atoms with van der Waals surface area (Å²) in [6.07, 6.45) is 0. The molecule has 0 aromatic heterocycles. The second kappa shape index (κ2) is 9.52. The Morgan fingerprint density at radius 3 is 2.44 bits per heavy atom. The molecule has 2 aromatic carbocycles. The molecule has 0 saturated carbocycles. The minimum Gasteiger partial charge on any atom is -0.493 e. The maximum absolute atomic E-state index is 12.9. The van der Waals surface area contributed by atoms with E-state index < -0.39 is 18.6 Å². The van der Waals surface area contributed by atoms with Crippen LogP contribution in [-0.2, 0) is 9.53 Å². The molecular weight excluding hydrogens is 438 g/mol. The fourth-order valence-electron chi connectivity index (χ4n) is 3.68. The van der Waals surface area contributed by atoms with Gasteiger partial charge in [-0.25, -0.2) is 4.79 Å². The first kappa shape index (κ1) is 23.5. The SMILES string of the molecule is COC(=O)C1=C(C)N(c2cc(C)ccc2C)C(=S)NC1c1ccc(OC)c(OC(F)F)c1. The van der Waals surface area contributed by atoms with Crippen molar-refractivity contribution in [2.24, 2.45) is 0 Å². The Bertz CT molecular complexity index is 1090. The predicted molar refractivity (Wildman–Crippen MR) is 121 cm³/mol. The van der Waals surface area contributed by atoms with Crippen LogP contribution in [0.25, 0.3) is 0 Å². The molecule has 1 N–H and O–H groups in total. The first-order chi connectivity index (χ1) is 15.2. The Kier molecular flexibility index (Phi) is 6.98.